The quantitative estimate of drug-likeness (QED) is 0.412. The number of nitrogens with one attached hydrogen (secondary N) is 2. The molecule has 0 unspecified atom stereocenters. The molecule has 2 N–H and O–H groups in total. The lowest BCUT2D eigenvalue weighted by Gasteiger charge is -2.06. The van der Waals surface area contributed by atoms with Gasteiger partial charge in [-0.15, -0.1) is 10.2 Å². The van der Waals surface area contributed by atoms with E-state index in [1.165, 1.54) is 30.0 Å². The molecule has 2 amide bonds. The fourth-order valence-corrected chi connectivity index (χ4v) is 3.80. The first kappa shape index (κ1) is 20.7. The third-order valence-corrected chi connectivity index (χ3v) is 5.49. The van der Waals surface area contributed by atoms with Crippen molar-refractivity contribution >= 4 is 45.7 Å². The highest BCUT2D eigenvalue weighted by molar-refractivity contribution is 8.01. The van der Waals surface area contributed by atoms with E-state index in [1.54, 1.807) is 30.3 Å². The predicted octanol–water partition coefficient (Wildman–Crippen LogP) is 4.06. The first-order valence-corrected chi connectivity index (χ1v) is 10.4. The van der Waals surface area contributed by atoms with Crippen molar-refractivity contribution in [3.63, 3.8) is 0 Å². The Morgan fingerprint density at radius 1 is 1.10 bits per heavy atom. The van der Waals surface area contributed by atoms with Crippen LogP contribution >= 0.6 is 23.1 Å². The smallest absolute Gasteiger partial charge is 0.260 e. The van der Waals surface area contributed by atoms with E-state index in [0.29, 0.717) is 16.6 Å². The summed E-state index contributed by atoms with van der Waals surface area (Å²) in [6.07, 6.45) is 0. The van der Waals surface area contributed by atoms with Crippen LogP contribution in [0.5, 0.6) is 5.75 Å². The van der Waals surface area contributed by atoms with Crippen molar-refractivity contribution in [3.05, 3.63) is 59.9 Å². The Hall–Kier alpha value is -2.98. The summed E-state index contributed by atoms with van der Waals surface area (Å²) in [6.45, 7) is 2.48. The minimum absolute atomic E-state index is 0.0772. The highest BCUT2D eigenvalue weighted by Crippen LogP contribution is 2.26. The fourth-order valence-electron chi connectivity index (χ4n) is 2.25. The van der Waals surface area contributed by atoms with Crippen molar-refractivity contribution < 1.29 is 18.7 Å². The van der Waals surface area contributed by atoms with E-state index in [9.17, 15) is 14.0 Å². The largest absolute Gasteiger partial charge is 0.494 e. The van der Waals surface area contributed by atoms with Crippen molar-refractivity contribution in [2.45, 2.75) is 11.3 Å². The number of aromatic nitrogens is 2. The molecule has 0 fully saturated rings. The molecule has 0 bridgehead atoms. The summed E-state index contributed by atoms with van der Waals surface area (Å²) in [7, 11) is 0. The van der Waals surface area contributed by atoms with Crippen LogP contribution in [0.3, 0.4) is 0 Å². The zero-order chi connectivity index (χ0) is 20.6. The molecule has 1 aromatic heterocycles. The van der Waals surface area contributed by atoms with E-state index in [1.807, 2.05) is 6.92 Å². The Balaban J connectivity index is 1.49. The Morgan fingerprint density at radius 3 is 2.59 bits per heavy atom. The van der Waals surface area contributed by atoms with Crippen LogP contribution in [0.15, 0.2) is 52.9 Å². The van der Waals surface area contributed by atoms with Gasteiger partial charge in [-0.3, -0.25) is 14.9 Å². The molecule has 0 atom stereocenters. The Morgan fingerprint density at radius 2 is 1.86 bits per heavy atom. The van der Waals surface area contributed by atoms with Gasteiger partial charge in [0, 0.05) is 5.69 Å². The van der Waals surface area contributed by atoms with Crippen LogP contribution in [-0.2, 0) is 4.79 Å². The first-order chi connectivity index (χ1) is 14.0. The minimum Gasteiger partial charge on any atom is -0.494 e. The number of halogens is 1. The monoisotopic (exact) mass is 432 g/mol. The second-order valence-corrected chi connectivity index (χ2v) is 7.80. The number of hydrogen-bond donors (Lipinski definition) is 2. The summed E-state index contributed by atoms with van der Waals surface area (Å²) in [5.41, 5.74) is 0.584. The van der Waals surface area contributed by atoms with E-state index in [4.69, 9.17) is 4.74 Å². The fraction of sp³-hybridized carbons (Fsp3) is 0.158. The molecule has 150 valence electrons. The normalized spacial score (nSPS) is 10.4. The molecule has 0 saturated heterocycles. The SMILES string of the molecule is CCOc1ccc(NC(=O)CSc2nnc(NC(=O)c3ccccc3F)s2)cc1. The van der Waals surface area contributed by atoms with Gasteiger partial charge in [-0.2, -0.15) is 0 Å². The molecule has 10 heteroatoms. The van der Waals surface area contributed by atoms with Crippen LogP contribution in [0.25, 0.3) is 0 Å². The van der Waals surface area contributed by atoms with Gasteiger partial charge in [-0.05, 0) is 43.3 Å². The summed E-state index contributed by atoms with van der Waals surface area (Å²) >= 11 is 2.30. The predicted molar refractivity (Wildman–Crippen MR) is 111 cm³/mol. The highest BCUT2D eigenvalue weighted by Gasteiger charge is 2.14. The molecule has 7 nitrogen and oxygen atoms in total. The van der Waals surface area contributed by atoms with Crippen molar-refractivity contribution in [1.82, 2.24) is 10.2 Å². The van der Waals surface area contributed by atoms with Gasteiger partial charge in [0.05, 0.1) is 17.9 Å². The number of amides is 2. The second kappa shape index (κ2) is 9.99. The van der Waals surface area contributed by atoms with Gasteiger partial charge in [-0.25, -0.2) is 4.39 Å². The standard InChI is InChI=1S/C19H17FN4O3S2/c1-2-27-13-9-7-12(8-10-13)21-16(25)11-28-19-24-23-18(29-19)22-17(26)14-5-3-4-6-15(14)20/h3-10H,2,11H2,1H3,(H,21,25)(H,22,23,26). The van der Waals surface area contributed by atoms with E-state index in [-0.39, 0.29) is 22.4 Å². The van der Waals surface area contributed by atoms with Crippen molar-refractivity contribution in [2.24, 2.45) is 0 Å². The molecular formula is C19H17FN4O3S2. The first-order valence-electron chi connectivity index (χ1n) is 8.60. The Labute approximate surface area is 174 Å². The number of hydrogen-bond acceptors (Lipinski definition) is 7. The Bertz CT molecular complexity index is 995. The van der Waals surface area contributed by atoms with E-state index in [2.05, 4.69) is 20.8 Å². The van der Waals surface area contributed by atoms with Crippen LogP contribution in [0.2, 0.25) is 0 Å². The third-order valence-electron chi connectivity index (χ3n) is 3.52. The number of carbonyl (C=O) groups excluding carboxylic acids is 2. The Kier molecular flexibility index (Phi) is 7.14. The zero-order valence-corrected chi connectivity index (χ0v) is 17.0. The number of thioether (sulfide) groups is 1. The summed E-state index contributed by atoms with van der Waals surface area (Å²) in [6, 6.07) is 12.7. The summed E-state index contributed by atoms with van der Waals surface area (Å²) in [4.78, 5) is 24.2. The van der Waals surface area contributed by atoms with Gasteiger partial charge >= 0.3 is 0 Å². The molecule has 2 aromatic carbocycles. The van der Waals surface area contributed by atoms with Crippen LogP contribution < -0.4 is 15.4 Å². The summed E-state index contributed by atoms with van der Waals surface area (Å²) < 4.78 is 19.5. The zero-order valence-electron chi connectivity index (χ0n) is 15.3. The minimum atomic E-state index is -0.616. The van der Waals surface area contributed by atoms with Crippen LogP contribution in [0.1, 0.15) is 17.3 Å². The number of carbonyl (C=O) groups is 2. The molecule has 0 aliphatic heterocycles. The maximum atomic E-state index is 13.6. The molecule has 0 saturated carbocycles. The van der Waals surface area contributed by atoms with Crippen molar-refractivity contribution in [3.8, 4) is 5.75 Å². The molecule has 1 heterocycles. The molecule has 0 spiro atoms. The topological polar surface area (TPSA) is 93.2 Å². The average molecular weight is 433 g/mol. The van der Waals surface area contributed by atoms with Gasteiger partial charge in [0.2, 0.25) is 11.0 Å². The number of rotatable bonds is 8. The van der Waals surface area contributed by atoms with Crippen LogP contribution in [0.4, 0.5) is 15.2 Å². The van der Waals surface area contributed by atoms with Gasteiger partial charge in [0.15, 0.2) is 4.34 Å². The third kappa shape index (κ3) is 6.00. The van der Waals surface area contributed by atoms with E-state index < -0.39 is 11.7 Å². The maximum Gasteiger partial charge on any atom is 0.260 e. The lowest BCUT2D eigenvalue weighted by atomic mass is 10.2. The van der Waals surface area contributed by atoms with Crippen molar-refractivity contribution in [2.75, 3.05) is 23.0 Å². The molecule has 0 aliphatic rings. The molecule has 3 aromatic rings. The van der Waals surface area contributed by atoms with E-state index >= 15 is 0 Å². The van der Waals surface area contributed by atoms with Gasteiger partial charge in [0.1, 0.15) is 11.6 Å². The lowest BCUT2D eigenvalue weighted by Crippen LogP contribution is -2.13. The average Bonchev–Trinajstić information content (AvgIpc) is 3.16. The van der Waals surface area contributed by atoms with Crippen LogP contribution in [-0.4, -0.2) is 34.4 Å². The number of nitrogens with zero attached hydrogens (tertiary/aromatic N) is 2. The molecule has 29 heavy (non-hydrogen) atoms. The van der Waals surface area contributed by atoms with Gasteiger partial charge < -0.3 is 10.1 Å². The number of benzene rings is 2. The van der Waals surface area contributed by atoms with Crippen LogP contribution in [0, 0.1) is 5.82 Å². The highest BCUT2D eigenvalue weighted by atomic mass is 32.2. The maximum absolute atomic E-state index is 13.6. The van der Waals surface area contributed by atoms with Gasteiger partial charge in [-0.1, -0.05) is 35.2 Å². The van der Waals surface area contributed by atoms with E-state index in [0.717, 1.165) is 17.1 Å². The molecular weight excluding hydrogens is 415 g/mol. The number of anilines is 2. The summed E-state index contributed by atoms with van der Waals surface area (Å²) in [5, 5.41) is 13.3. The second-order valence-electron chi connectivity index (χ2n) is 5.60. The number of ether oxygens (including phenoxy) is 1. The molecule has 0 radical (unpaired) electrons. The molecule has 0 aliphatic carbocycles. The molecule has 3 rings (SSSR count). The lowest BCUT2D eigenvalue weighted by molar-refractivity contribution is -0.113. The summed E-state index contributed by atoms with van der Waals surface area (Å²) in [5.74, 6) is -0.563. The van der Waals surface area contributed by atoms with Gasteiger partial charge in [0.25, 0.3) is 5.91 Å². The van der Waals surface area contributed by atoms with Crippen molar-refractivity contribution in [1.29, 1.82) is 0 Å².